The zero-order valence-electron chi connectivity index (χ0n) is 13.1. The van der Waals surface area contributed by atoms with Gasteiger partial charge in [-0.2, -0.15) is 0 Å². The number of guanidine groups is 2. The number of hydrogen-bond donors (Lipinski definition) is 3. The highest BCUT2D eigenvalue weighted by molar-refractivity contribution is 6.43. The van der Waals surface area contributed by atoms with Crippen molar-refractivity contribution in [3.8, 4) is 5.75 Å². The van der Waals surface area contributed by atoms with Gasteiger partial charge < -0.3 is 21.0 Å². The molecule has 0 saturated heterocycles. The lowest BCUT2D eigenvalue weighted by Gasteiger charge is -2.24. The van der Waals surface area contributed by atoms with Crippen molar-refractivity contribution in [2.75, 3.05) is 13.2 Å². The van der Waals surface area contributed by atoms with Gasteiger partial charge in [0.05, 0.1) is 15.1 Å². The predicted octanol–water partition coefficient (Wildman–Crippen LogP) is 3.30. The Labute approximate surface area is 161 Å². The van der Waals surface area contributed by atoms with Crippen LogP contribution in [-0.4, -0.2) is 36.1 Å². The zero-order valence-corrected chi connectivity index (χ0v) is 16.1. The van der Waals surface area contributed by atoms with E-state index < -0.39 is 0 Å². The van der Waals surface area contributed by atoms with Gasteiger partial charge in [0, 0.05) is 12.1 Å². The summed E-state index contributed by atoms with van der Waals surface area (Å²) in [4.78, 5) is 6.35. The van der Waals surface area contributed by atoms with E-state index in [9.17, 15) is 0 Å². The summed E-state index contributed by atoms with van der Waals surface area (Å²) in [5, 5.41) is 12.1. The van der Waals surface area contributed by atoms with Crippen molar-refractivity contribution in [1.82, 2.24) is 4.90 Å². The molecule has 7 nitrogen and oxygen atoms in total. The number of halogens is 4. The van der Waals surface area contributed by atoms with Crippen LogP contribution in [0, 0.1) is 5.41 Å². The Hall–Kier alpha value is -1.28. The summed E-state index contributed by atoms with van der Waals surface area (Å²) in [5.74, 6) is 0.151. The van der Waals surface area contributed by atoms with Gasteiger partial charge in [0.1, 0.15) is 12.4 Å². The van der Waals surface area contributed by atoms with Crippen LogP contribution < -0.4 is 16.2 Å². The molecule has 0 radical (unpaired) electrons. The molecule has 5 N–H and O–H groups in total. The van der Waals surface area contributed by atoms with E-state index in [1.54, 1.807) is 0 Å². The van der Waals surface area contributed by atoms with Crippen LogP contribution in [0.4, 0.5) is 0 Å². The van der Waals surface area contributed by atoms with Crippen molar-refractivity contribution in [2.24, 2.45) is 16.6 Å². The summed E-state index contributed by atoms with van der Waals surface area (Å²) in [5.41, 5.74) is 11.1. The van der Waals surface area contributed by atoms with Gasteiger partial charge in [-0.05, 0) is 25.1 Å². The monoisotopic (exact) mass is 417 g/mol. The molecule has 24 heavy (non-hydrogen) atoms. The Balaban J connectivity index is 0.00000529. The molecule has 0 saturated carbocycles. The third-order valence-corrected chi connectivity index (χ3v) is 3.61. The van der Waals surface area contributed by atoms with Gasteiger partial charge in [-0.25, -0.2) is 0 Å². The number of nitrogens with one attached hydrogen (secondary N) is 1. The molecule has 0 amide bonds. The maximum atomic E-state index is 7.43. The largest absolute Gasteiger partial charge is 0.488 e. The van der Waals surface area contributed by atoms with E-state index in [0.29, 0.717) is 20.8 Å². The lowest BCUT2D eigenvalue weighted by molar-refractivity contribution is 0.104. The van der Waals surface area contributed by atoms with Crippen molar-refractivity contribution in [2.45, 2.75) is 19.9 Å². The normalized spacial score (nSPS) is 11.0. The Morgan fingerprint density at radius 2 is 1.75 bits per heavy atom. The summed E-state index contributed by atoms with van der Waals surface area (Å²) in [7, 11) is 0. The highest BCUT2D eigenvalue weighted by Crippen LogP contribution is 2.33. The number of nitrogens with two attached hydrogens (primary N) is 2. The Morgan fingerprint density at radius 1 is 1.17 bits per heavy atom. The minimum Gasteiger partial charge on any atom is -0.488 e. The molecule has 1 aromatic rings. The van der Waals surface area contributed by atoms with Crippen LogP contribution >= 0.6 is 47.2 Å². The van der Waals surface area contributed by atoms with Crippen LogP contribution in [0.1, 0.15) is 13.8 Å². The summed E-state index contributed by atoms with van der Waals surface area (Å²) < 4.78 is 5.42. The second kappa shape index (κ2) is 10.6. The van der Waals surface area contributed by atoms with E-state index in [2.05, 4.69) is 5.16 Å². The average molecular weight is 419 g/mol. The van der Waals surface area contributed by atoms with Gasteiger partial charge in [-0.15, -0.1) is 12.4 Å². The van der Waals surface area contributed by atoms with E-state index >= 15 is 0 Å². The first kappa shape index (κ1) is 22.7. The summed E-state index contributed by atoms with van der Waals surface area (Å²) in [6, 6.07) is 2.89. The zero-order chi connectivity index (χ0) is 17.6. The van der Waals surface area contributed by atoms with Crippen LogP contribution in [0.5, 0.6) is 5.75 Å². The Morgan fingerprint density at radius 3 is 2.29 bits per heavy atom. The molecule has 0 aromatic heterocycles. The van der Waals surface area contributed by atoms with Crippen LogP contribution in [0.3, 0.4) is 0 Å². The first-order valence-corrected chi connectivity index (χ1v) is 7.73. The molecule has 0 unspecified atom stereocenters. The lowest BCUT2D eigenvalue weighted by atomic mass is 10.3. The van der Waals surface area contributed by atoms with Crippen molar-refractivity contribution in [3.05, 3.63) is 27.2 Å². The maximum Gasteiger partial charge on any atom is 0.240 e. The van der Waals surface area contributed by atoms with Crippen molar-refractivity contribution < 1.29 is 9.57 Å². The second-order valence-electron chi connectivity index (χ2n) is 4.68. The quantitative estimate of drug-likeness (QED) is 0.216. The molecule has 0 aliphatic carbocycles. The van der Waals surface area contributed by atoms with Crippen LogP contribution in [0.2, 0.25) is 15.1 Å². The van der Waals surface area contributed by atoms with Crippen molar-refractivity contribution >= 4 is 59.1 Å². The number of nitrogens with zero attached hydrogens (tertiary/aromatic N) is 2. The van der Waals surface area contributed by atoms with Gasteiger partial charge in [-0.3, -0.25) is 10.3 Å². The molecule has 136 valence electrons. The summed E-state index contributed by atoms with van der Waals surface area (Å²) in [6.45, 7) is 3.91. The summed E-state index contributed by atoms with van der Waals surface area (Å²) in [6.07, 6.45) is 0. The first-order chi connectivity index (χ1) is 10.7. The highest BCUT2D eigenvalue weighted by atomic mass is 35.5. The fourth-order valence-electron chi connectivity index (χ4n) is 1.63. The Bertz CT molecular complexity index is 598. The fourth-order valence-corrected chi connectivity index (χ4v) is 2.22. The van der Waals surface area contributed by atoms with Gasteiger partial charge in [-0.1, -0.05) is 34.8 Å². The standard InChI is InChI=1S/C13H18Cl3N5O2.ClH/c1-7(2)21(12(17)18)13(19)20-23-4-3-22-11-6-9(15)8(14)5-10(11)16;/h5-7H,3-4H2,1-2H3,(H3,17,18)(H2,19,20);1H. The van der Waals surface area contributed by atoms with Crippen LogP contribution in [-0.2, 0) is 4.84 Å². The average Bonchev–Trinajstić information content (AvgIpc) is 2.42. The SMILES string of the molecule is CC(C)N(C(=N)N)C(N)=NOCCOc1cc(Cl)c(Cl)cc1Cl.Cl. The van der Waals surface area contributed by atoms with Gasteiger partial charge in [0.15, 0.2) is 12.6 Å². The number of oxime groups is 1. The Kier molecular flexibility index (Phi) is 9.99. The van der Waals surface area contributed by atoms with E-state index in [4.69, 9.17) is 61.3 Å². The molecule has 0 spiro atoms. The summed E-state index contributed by atoms with van der Waals surface area (Å²) >= 11 is 17.7. The first-order valence-electron chi connectivity index (χ1n) is 6.60. The van der Waals surface area contributed by atoms with Crippen LogP contribution in [0.15, 0.2) is 17.3 Å². The van der Waals surface area contributed by atoms with Gasteiger partial charge in [0.25, 0.3) is 0 Å². The third-order valence-electron chi connectivity index (χ3n) is 2.59. The molecular weight excluding hydrogens is 400 g/mol. The topological polar surface area (TPSA) is 110 Å². The molecule has 11 heteroatoms. The number of hydrogen-bond acceptors (Lipinski definition) is 4. The lowest BCUT2D eigenvalue weighted by Crippen LogP contribution is -2.49. The molecular formula is C13H19Cl4N5O2. The van der Waals surface area contributed by atoms with E-state index in [1.807, 2.05) is 13.8 Å². The number of benzene rings is 1. The number of ether oxygens (including phenoxy) is 1. The smallest absolute Gasteiger partial charge is 0.240 e. The van der Waals surface area contributed by atoms with Crippen molar-refractivity contribution in [1.29, 1.82) is 5.41 Å². The van der Waals surface area contributed by atoms with Crippen molar-refractivity contribution in [3.63, 3.8) is 0 Å². The van der Waals surface area contributed by atoms with E-state index in [1.165, 1.54) is 17.0 Å². The van der Waals surface area contributed by atoms with Crippen LogP contribution in [0.25, 0.3) is 0 Å². The molecule has 0 heterocycles. The highest BCUT2D eigenvalue weighted by Gasteiger charge is 2.15. The number of rotatable bonds is 6. The molecule has 0 fully saturated rings. The van der Waals surface area contributed by atoms with E-state index in [-0.39, 0.29) is 43.6 Å². The second-order valence-corrected chi connectivity index (χ2v) is 5.90. The van der Waals surface area contributed by atoms with Gasteiger partial charge >= 0.3 is 0 Å². The molecule has 0 atom stereocenters. The molecule has 0 aliphatic heterocycles. The molecule has 1 rings (SSSR count). The fraction of sp³-hybridized carbons (Fsp3) is 0.385. The van der Waals surface area contributed by atoms with E-state index in [0.717, 1.165) is 0 Å². The molecule has 1 aromatic carbocycles. The third kappa shape index (κ3) is 6.68. The molecule has 0 aliphatic rings. The maximum absolute atomic E-state index is 7.43. The van der Waals surface area contributed by atoms with Gasteiger partial charge in [0.2, 0.25) is 5.96 Å². The molecule has 0 bridgehead atoms. The minimum atomic E-state index is -0.219. The minimum absolute atomic E-state index is 0. The predicted molar refractivity (Wildman–Crippen MR) is 101 cm³/mol.